The van der Waals surface area contributed by atoms with Crippen molar-refractivity contribution in [1.82, 2.24) is 4.90 Å². The highest BCUT2D eigenvalue weighted by molar-refractivity contribution is 6.30. The lowest BCUT2D eigenvalue weighted by molar-refractivity contribution is -0.152. The Morgan fingerprint density at radius 3 is 2.19 bits per heavy atom. The molecule has 0 N–H and O–H groups in total. The Kier molecular flexibility index (Phi) is 4.15. The van der Waals surface area contributed by atoms with E-state index in [2.05, 4.69) is 0 Å². The number of ketones is 1. The van der Waals surface area contributed by atoms with Gasteiger partial charge < -0.3 is 4.74 Å². The van der Waals surface area contributed by atoms with Crippen molar-refractivity contribution in [3.05, 3.63) is 47.0 Å². The lowest BCUT2D eigenvalue weighted by Gasteiger charge is -2.16. The van der Waals surface area contributed by atoms with Crippen LogP contribution >= 0.6 is 11.6 Å². The molecule has 1 saturated heterocycles. The molecule has 2 bridgehead atoms. The van der Waals surface area contributed by atoms with E-state index in [9.17, 15) is 19.2 Å². The van der Waals surface area contributed by atoms with Crippen molar-refractivity contribution in [2.75, 3.05) is 13.2 Å². The number of amides is 2. The van der Waals surface area contributed by atoms with E-state index in [1.807, 2.05) is 12.2 Å². The van der Waals surface area contributed by atoms with Gasteiger partial charge in [0.25, 0.3) is 0 Å². The molecule has 0 radical (unpaired) electrons. The van der Waals surface area contributed by atoms with E-state index in [1.54, 1.807) is 12.1 Å². The fourth-order valence-electron chi connectivity index (χ4n) is 4.16. The van der Waals surface area contributed by atoms with Crippen LogP contribution in [0.25, 0.3) is 0 Å². The van der Waals surface area contributed by atoms with Gasteiger partial charge >= 0.3 is 5.97 Å². The van der Waals surface area contributed by atoms with Gasteiger partial charge in [0.15, 0.2) is 12.4 Å². The molecule has 1 aromatic rings. The molecule has 2 fully saturated rings. The Balaban J connectivity index is 1.34. The molecular formula is C19H16ClNO5. The maximum absolute atomic E-state index is 12.5. The molecule has 1 saturated carbocycles. The molecule has 2 aliphatic carbocycles. The smallest absolute Gasteiger partial charge is 0.326 e. The van der Waals surface area contributed by atoms with Crippen molar-refractivity contribution in [3.63, 3.8) is 0 Å². The molecule has 4 atom stereocenters. The summed E-state index contributed by atoms with van der Waals surface area (Å²) < 4.78 is 4.96. The molecule has 4 rings (SSSR count). The van der Waals surface area contributed by atoms with Crippen LogP contribution in [0.4, 0.5) is 0 Å². The molecule has 0 unspecified atom stereocenters. The van der Waals surface area contributed by atoms with Crippen LogP contribution in [0.15, 0.2) is 36.4 Å². The lowest BCUT2D eigenvalue weighted by atomic mass is 9.85. The van der Waals surface area contributed by atoms with Gasteiger partial charge in [-0.3, -0.25) is 24.1 Å². The second-order valence-corrected chi connectivity index (χ2v) is 7.29. The normalized spacial score (nSPS) is 28.6. The number of Topliss-reactive ketones (excluding diaryl/α,β-unsaturated/α-hetero) is 1. The number of benzene rings is 1. The van der Waals surface area contributed by atoms with Gasteiger partial charge in [0.05, 0.1) is 11.8 Å². The van der Waals surface area contributed by atoms with Crippen molar-refractivity contribution in [1.29, 1.82) is 0 Å². The van der Waals surface area contributed by atoms with E-state index in [0.29, 0.717) is 10.6 Å². The molecule has 134 valence electrons. The Labute approximate surface area is 154 Å². The van der Waals surface area contributed by atoms with E-state index in [0.717, 1.165) is 11.3 Å². The molecule has 1 aliphatic heterocycles. The minimum atomic E-state index is -0.769. The Hall–Kier alpha value is -2.47. The third kappa shape index (κ3) is 2.74. The minimum absolute atomic E-state index is 0.0916. The number of nitrogens with zero attached hydrogens (tertiary/aromatic N) is 1. The van der Waals surface area contributed by atoms with Crippen LogP contribution in [0.2, 0.25) is 5.02 Å². The second-order valence-electron chi connectivity index (χ2n) is 6.85. The molecule has 1 aromatic carbocycles. The molecule has 0 spiro atoms. The standard InChI is InChI=1S/C19H16ClNO5/c20-13-5-3-10(4-6-13)14(22)9-26-15(23)8-21-18(24)16-11-1-2-12(7-11)17(16)19(21)25/h1-6,11-12,16-17H,7-9H2/t11-,12+,16+,17-. The van der Waals surface area contributed by atoms with Crippen LogP contribution in [0.5, 0.6) is 0 Å². The number of likely N-dealkylation sites (tertiary alicyclic amines) is 1. The summed E-state index contributed by atoms with van der Waals surface area (Å²) in [5.74, 6) is -2.27. The summed E-state index contributed by atoms with van der Waals surface area (Å²) in [5, 5.41) is 0.499. The zero-order chi connectivity index (χ0) is 18.4. The predicted molar refractivity (Wildman–Crippen MR) is 91.2 cm³/mol. The molecule has 0 aromatic heterocycles. The average molecular weight is 374 g/mol. The van der Waals surface area contributed by atoms with Gasteiger partial charge in [0.1, 0.15) is 6.54 Å². The summed E-state index contributed by atoms with van der Waals surface area (Å²) in [6.07, 6.45) is 4.81. The molecule has 2 amide bonds. The summed E-state index contributed by atoms with van der Waals surface area (Å²) in [6.45, 7) is -0.894. The van der Waals surface area contributed by atoms with Crippen LogP contribution in [0.3, 0.4) is 0 Å². The summed E-state index contributed by atoms with van der Waals surface area (Å²) in [6, 6.07) is 6.21. The molecular weight excluding hydrogens is 358 g/mol. The van der Waals surface area contributed by atoms with Gasteiger partial charge in [-0.15, -0.1) is 0 Å². The largest absolute Gasteiger partial charge is 0.456 e. The summed E-state index contributed by atoms with van der Waals surface area (Å²) in [5.41, 5.74) is 0.368. The average Bonchev–Trinajstić information content (AvgIpc) is 3.30. The van der Waals surface area contributed by atoms with Crippen molar-refractivity contribution >= 4 is 35.2 Å². The number of allylic oxidation sites excluding steroid dienone is 2. The van der Waals surface area contributed by atoms with Gasteiger partial charge in [-0.2, -0.15) is 0 Å². The molecule has 6 nitrogen and oxygen atoms in total. The Morgan fingerprint density at radius 1 is 1.04 bits per heavy atom. The first-order valence-electron chi connectivity index (χ1n) is 8.43. The van der Waals surface area contributed by atoms with E-state index in [1.165, 1.54) is 12.1 Å². The fourth-order valence-corrected chi connectivity index (χ4v) is 4.29. The van der Waals surface area contributed by atoms with Crippen LogP contribution in [0, 0.1) is 23.7 Å². The number of carbonyl (C=O) groups is 4. The quantitative estimate of drug-likeness (QED) is 0.340. The van der Waals surface area contributed by atoms with Crippen LogP contribution in [0.1, 0.15) is 16.8 Å². The van der Waals surface area contributed by atoms with E-state index in [-0.39, 0.29) is 41.3 Å². The third-order valence-electron chi connectivity index (χ3n) is 5.38. The third-order valence-corrected chi connectivity index (χ3v) is 5.63. The van der Waals surface area contributed by atoms with E-state index < -0.39 is 19.1 Å². The highest BCUT2D eigenvalue weighted by Gasteiger charge is 2.59. The van der Waals surface area contributed by atoms with Gasteiger partial charge in [0.2, 0.25) is 11.8 Å². The molecule has 26 heavy (non-hydrogen) atoms. The molecule has 3 aliphatic rings. The van der Waals surface area contributed by atoms with Crippen LogP contribution in [-0.4, -0.2) is 41.6 Å². The first kappa shape index (κ1) is 17.0. The van der Waals surface area contributed by atoms with Crippen LogP contribution in [-0.2, 0) is 19.1 Å². The van der Waals surface area contributed by atoms with Gasteiger partial charge in [-0.25, -0.2) is 0 Å². The number of fused-ring (bicyclic) bond motifs is 5. The maximum Gasteiger partial charge on any atom is 0.326 e. The number of esters is 1. The Bertz CT molecular complexity index is 801. The zero-order valence-electron chi connectivity index (χ0n) is 13.8. The van der Waals surface area contributed by atoms with Gasteiger partial charge in [-0.05, 0) is 42.5 Å². The van der Waals surface area contributed by atoms with Crippen molar-refractivity contribution < 1.29 is 23.9 Å². The predicted octanol–water partition coefficient (Wildman–Crippen LogP) is 1.87. The molecule has 1 heterocycles. The summed E-state index contributed by atoms with van der Waals surface area (Å²) in [4.78, 5) is 50.0. The topological polar surface area (TPSA) is 80.8 Å². The first-order chi connectivity index (χ1) is 12.5. The van der Waals surface area contributed by atoms with Crippen molar-refractivity contribution in [3.8, 4) is 0 Å². The number of ether oxygens (including phenoxy) is 1. The highest BCUT2D eigenvalue weighted by atomic mass is 35.5. The lowest BCUT2D eigenvalue weighted by Crippen LogP contribution is -2.38. The number of rotatable bonds is 5. The van der Waals surface area contributed by atoms with Gasteiger partial charge in [0, 0.05) is 10.6 Å². The zero-order valence-corrected chi connectivity index (χ0v) is 14.5. The van der Waals surface area contributed by atoms with Crippen LogP contribution < -0.4 is 0 Å². The van der Waals surface area contributed by atoms with Crippen molar-refractivity contribution in [2.24, 2.45) is 23.7 Å². The van der Waals surface area contributed by atoms with E-state index >= 15 is 0 Å². The first-order valence-corrected chi connectivity index (χ1v) is 8.81. The second kappa shape index (κ2) is 6.36. The number of hydrogen-bond donors (Lipinski definition) is 0. The summed E-state index contributed by atoms with van der Waals surface area (Å²) in [7, 11) is 0. The maximum atomic E-state index is 12.5. The summed E-state index contributed by atoms with van der Waals surface area (Å²) >= 11 is 5.76. The number of carbonyl (C=O) groups excluding carboxylic acids is 4. The minimum Gasteiger partial charge on any atom is -0.456 e. The number of imide groups is 1. The molecule has 7 heteroatoms. The highest BCUT2D eigenvalue weighted by Crippen LogP contribution is 2.52. The van der Waals surface area contributed by atoms with Crippen molar-refractivity contribution in [2.45, 2.75) is 6.42 Å². The Morgan fingerprint density at radius 2 is 1.62 bits per heavy atom. The number of halogens is 1. The SMILES string of the molecule is O=C(CN1C(=O)[C@@H]2[C@H](C1=O)[C@H]1C=C[C@@H]2C1)OCC(=O)c1ccc(Cl)cc1. The van der Waals surface area contributed by atoms with E-state index in [4.69, 9.17) is 16.3 Å². The number of hydrogen-bond acceptors (Lipinski definition) is 5. The fraction of sp³-hybridized carbons (Fsp3) is 0.368. The van der Waals surface area contributed by atoms with Gasteiger partial charge in [-0.1, -0.05) is 23.8 Å². The monoisotopic (exact) mass is 373 g/mol.